The highest BCUT2D eigenvalue weighted by molar-refractivity contribution is 7.84. The molecule has 0 aromatic heterocycles. The molecule has 2 aromatic carbocycles. The summed E-state index contributed by atoms with van der Waals surface area (Å²) in [6.45, 7) is 9.62. The molecule has 0 bridgehead atoms. The molecule has 0 heterocycles. The SMILES string of the molecule is C.CC(N)c1ccc(C(=O)CC2CCCC2)c(Cl)c1.CC(N[S@](=O)C(C)(C)C)c1ccc(C(=O)NC2CCCC2)c(Cl)c1. The Balaban J connectivity index is 0.000000304. The van der Waals surface area contributed by atoms with Crippen molar-refractivity contribution in [3.63, 3.8) is 0 Å². The molecular formula is C34H51Cl2N3O3S. The van der Waals surface area contributed by atoms with E-state index >= 15 is 0 Å². The van der Waals surface area contributed by atoms with E-state index in [9.17, 15) is 13.8 Å². The Morgan fingerprint density at radius 2 is 1.42 bits per heavy atom. The van der Waals surface area contributed by atoms with Crippen LogP contribution < -0.4 is 15.8 Å². The average molecular weight is 653 g/mol. The molecule has 0 spiro atoms. The summed E-state index contributed by atoms with van der Waals surface area (Å²) in [5.41, 5.74) is 8.82. The molecule has 1 amide bonds. The second-order valence-corrected chi connectivity index (χ2v) is 15.5. The molecule has 9 heteroatoms. The van der Waals surface area contributed by atoms with Gasteiger partial charge < -0.3 is 11.1 Å². The minimum atomic E-state index is -1.16. The van der Waals surface area contributed by atoms with E-state index in [0.29, 0.717) is 33.5 Å². The van der Waals surface area contributed by atoms with Gasteiger partial charge >= 0.3 is 0 Å². The fraction of sp³-hybridized carbons (Fsp3) is 0.588. The lowest BCUT2D eigenvalue weighted by Gasteiger charge is -2.22. The maximum Gasteiger partial charge on any atom is 0.253 e. The van der Waals surface area contributed by atoms with Crippen LogP contribution in [0.1, 0.15) is 144 Å². The van der Waals surface area contributed by atoms with Gasteiger partial charge in [-0.3, -0.25) is 9.59 Å². The van der Waals surface area contributed by atoms with E-state index in [1.54, 1.807) is 12.1 Å². The highest BCUT2D eigenvalue weighted by Crippen LogP contribution is 2.31. The molecule has 0 radical (unpaired) electrons. The van der Waals surface area contributed by atoms with Gasteiger partial charge in [0.05, 0.1) is 31.3 Å². The first-order valence-corrected chi connectivity index (χ1v) is 17.0. The monoisotopic (exact) mass is 651 g/mol. The predicted octanol–water partition coefficient (Wildman–Crippen LogP) is 8.88. The van der Waals surface area contributed by atoms with E-state index in [0.717, 1.165) is 24.0 Å². The first kappa shape index (κ1) is 37.4. The Bertz CT molecular complexity index is 1250. The smallest absolute Gasteiger partial charge is 0.253 e. The number of carbonyl (C=O) groups is 2. The van der Waals surface area contributed by atoms with Crippen LogP contribution in [0.15, 0.2) is 36.4 Å². The zero-order valence-electron chi connectivity index (χ0n) is 25.6. The van der Waals surface area contributed by atoms with Crippen molar-refractivity contribution in [1.29, 1.82) is 0 Å². The van der Waals surface area contributed by atoms with Gasteiger partial charge in [-0.2, -0.15) is 0 Å². The lowest BCUT2D eigenvalue weighted by atomic mass is 9.96. The molecule has 2 aliphatic rings. The Morgan fingerprint density at radius 1 is 0.907 bits per heavy atom. The van der Waals surface area contributed by atoms with E-state index in [4.69, 9.17) is 28.9 Å². The molecule has 4 N–H and O–H groups in total. The van der Waals surface area contributed by atoms with Gasteiger partial charge in [0.1, 0.15) is 0 Å². The molecule has 0 aliphatic heterocycles. The van der Waals surface area contributed by atoms with E-state index in [1.165, 1.54) is 38.5 Å². The maximum absolute atomic E-state index is 12.4. The van der Waals surface area contributed by atoms with Crippen LogP contribution >= 0.6 is 23.2 Å². The number of nitrogens with one attached hydrogen (secondary N) is 2. The number of amides is 1. The molecule has 43 heavy (non-hydrogen) atoms. The van der Waals surface area contributed by atoms with Gasteiger partial charge in [-0.25, -0.2) is 8.93 Å². The fourth-order valence-electron chi connectivity index (χ4n) is 5.35. The van der Waals surface area contributed by atoms with Gasteiger partial charge in [0.15, 0.2) is 5.78 Å². The van der Waals surface area contributed by atoms with Crippen molar-refractivity contribution >= 4 is 45.9 Å². The second kappa shape index (κ2) is 17.1. The summed E-state index contributed by atoms with van der Waals surface area (Å²) in [7, 11) is -1.16. The maximum atomic E-state index is 12.4. The minimum absolute atomic E-state index is 0. The molecule has 0 saturated heterocycles. The third-order valence-corrected chi connectivity index (χ3v) is 10.3. The molecule has 2 fully saturated rings. The van der Waals surface area contributed by atoms with E-state index < -0.39 is 11.0 Å². The number of hydrogen-bond acceptors (Lipinski definition) is 4. The van der Waals surface area contributed by atoms with Crippen LogP contribution in [0.25, 0.3) is 0 Å². The molecular weight excluding hydrogens is 601 g/mol. The van der Waals surface area contributed by atoms with Gasteiger partial charge in [-0.05, 0) is 88.8 Å². The standard InChI is InChI=1S/C18H27ClN2O2S.C15H20ClNO.CH4/c1-12(21-24(23)18(2,3)4)13-9-10-15(16(19)11-13)17(22)20-14-7-5-6-8-14;1-10(17)12-6-7-13(14(16)9-12)15(18)8-11-4-2-3-5-11;/h9-12,14,21H,5-8H2,1-4H3,(H,20,22);6-7,9-11H,2-5,8,17H2,1H3;1H4/t12?,24-;;/m1../s1. The van der Waals surface area contributed by atoms with Gasteiger partial charge in [-0.15, -0.1) is 0 Å². The Morgan fingerprint density at radius 3 is 1.95 bits per heavy atom. The van der Waals surface area contributed by atoms with Crippen LogP contribution in [0.3, 0.4) is 0 Å². The number of Topliss-reactive ketones (excluding diaryl/α,β-unsaturated/α-hetero) is 1. The van der Waals surface area contributed by atoms with E-state index in [-0.39, 0.29) is 42.0 Å². The Labute approximate surface area is 271 Å². The fourth-order valence-corrected chi connectivity index (χ4v) is 6.73. The Hall–Kier alpha value is -1.77. The van der Waals surface area contributed by atoms with E-state index in [2.05, 4.69) is 10.0 Å². The van der Waals surface area contributed by atoms with Crippen molar-refractivity contribution in [2.75, 3.05) is 0 Å². The van der Waals surface area contributed by atoms with Crippen molar-refractivity contribution in [2.24, 2.45) is 11.7 Å². The number of carbonyl (C=O) groups excluding carboxylic acids is 2. The van der Waals surface area contributed by atoms with Crippen molar-refractivity contribution in [3.05, 3.63) is 68.7 Å². The number of benzene rings is 2. The number of rotatable bonds is 9. The number of ketones is 1. The summed E-state index contributed by atoms with van der Waals surface area (Å²) in [5.74, 6) is 0.613. The highest BCUT2D eigenvalue weighted by Gasteiger charge is 2.24. The number of halogens is 2. The second-order valence-electron chi connectivity index (χ2n) is 12.7. The molecule has 2 unspecified atom stereocenters. The van der Waals surface area contributed by atoms with Crippen molar-refractivity contribution in [1.82, 2.24) is 10.0 Å². The van der Waals surface area contributed by atoms with Crippen LogP contribution in [-0.4, -0.2) is 26.7 Å². The van der Waals surface area contributed by atoms with Crippen LogP contribution in [0.2, 0.25) is 10.0 Å². The van der Waals surface area contributed by atoms with Gasteiger partial charge in [0, 0.05) is 30.1 Å². The Kier molecular flexibility index (Phi) is 14.9. The molecule has 6 nitrogen and oxygen atoms in total. The molecule has 3 atom stereocenters. The highest BCUT2D eigenvalue weighted by atomic mass is 35.5. The quantitative estimate of drug-likeness (QED) is 0.236. The normalized spacial score (nSPS) is 17.8. The molecule has 2 aromatic rings. The lowest BCUT2D eigenvalue weighted by molar-refractivity contribution is 0.0935. The molecule has 4 rings (SSSR count). The first-order chi connectivity index (χ1) is 19.8. The summed E-state index contributed by atoms with van der Waals surface area (Å²) in [4.78, 5) is 24.5. The van der Waals surface area contributed by atoms with Gasteiger partial charge in [-0.1, -0.05) is 81.3 Å². The molecule has 2 aliphatic carbocycles. The van der Waals surface area contributed by atoms with Crippen LogP contribution in [0.5, 0.6) is 0 Å². The summed E-state index contributed by atoms with van der Waals surface area (Å²) < 4.78 is 15.0. The largest absolute Gasteiger partial charge is 0.349 e. The summed E-state index contributed by atoms with van der Waals surface area (Å²) in [5, 5.41) is 4.01. The third kappa shape index (κ3) is 11.3. The van der Waals surface area contributed by atoms with Crippen LogP contribution in [0.4, 0.5) is 0 Å². The topological polar surface area (TPSA) is 101 Å². The number of nitrogens with two attached hydrogens (primary N) is 1. The van der Waals surface area contributed by atoms with Crippen molar-refractivity contribution < 1.29 is 13.8 Å². The lowest BCUT2D eigenvalue weighted by Crippen LogP contribution is -2.35. The molecule has 2 saturated carbocycles. The van der Waals surface area contributed by atoms with E-state index in [1.807, 2.05) is 58.9 Å². The zero-order chi connectivity index (χ0) is 31.0. The third-order valence-electron chi connectivity index (χ3n) is 8.04. The average Bonchev–Trinajstić information content (AvgIpc) is 3.62. The molecule has 240 valence electrons. The first-order valence-electron chi connectivity index (χ1n) is 15.1. The summed E-state index contributed by atoms with van der Waals surface area (Å²) in [6, 6.07) is 11.0. The number of hydrogen-bond donors (Lipinski definition) is 3. The minimum Gasteiger partial charge on any atom is -0.349 e. The zero-order valence-corrected chi connectivity index (χ0v) is 27.9. The summed E-state index contributed by atoms with van der Waals surface area (Å²) in [6.07, 6.45) is 9.95. The van der Waals surface area contributed by atoms with Gasteiger partial charge in [0.25, 0.3) is 5.91 Å². The van der Waals surface area contributed by atoms with Crippen LogP contribution in [-0.2, 0) is 11.0 Å². The van der Waals surface area contributed by atoms with Crippen molar-refractivity contribution in [3.8, 4) is 0 Å². The summed E-state index contributed by atoms with van der Waals surface area (Å²) >= 11 is 12.5. The van der Waals surface area contributed by atoms with Crippen LogP contribution in [0, 0.1) is 5.92 Å². The predicted molar refractivity (Wildman–Crippen MR) is 182 cm³/mol. The van der Waals surface area contributed by atoms with Crippen molar-refractivity contribution in [2.45, 2.75) is 123 Å². The van der Waals surface area contributed by atoms with Gasteiger partial charge in [0.2, 0.25) is 0 Å².